The fraction of sp³-hybridized carbons (Fsp3) is 0.500. The van der Waals surface area contributed by atoms with Gasteiger partial charge in [-0.15, -0.1) is 0 Å². The van der Waals surface area contributed by atoms with Crippen LogP contribution in [0.15, 0.2) is 28.8 Å². The summed E-state index contributed by atoms with van der Waals surface area (Å²) in [6.45, 7) is 0.668. The van der Waals surface area contributed by atoms with Gasteiger partial charge in [0.25, 0.3) is 5.91 Å². The smallest absolute Gasteiger partial charge is 0.303 e. The first kappa shape index (κ1) is 17.7. The van der Waals surface area contributed by atoms with E-state index in [1.165, 1.54) is 0 Å². The molecule has 1 aliphatic carbocycles. The molecule has 1 aromatic heterocycles. The third-order valence-corrected chi connectivity index (χ3v) is 5.32. The number of nitrogens with zero attached hydrogens (tertiary/aromatic N) is 3. The summed E-state index contributed by atoms with van der Waals surface area (Å²) in [6.07, 6.45) is 5.59. The lowest BCUT2D eigenvalue weighted by molar-refractivity contribution is -0.137. The lowest BCUT2D eigenvalue weighted by Gasteiger charge is -2.35. The molecule has 1 N–H and O–H groups in total. The highest BCUT2D eigenvalue weighted by molar-refractivity contribution is 5.95. The van der Waals surface area contributed by atoms with Gasteiger partial charge in [-0.25, -0.2) is 0 Å². The predicted octanol–water partition coefficient (Wildman–Crippen LogP) is 3.47. The first-order chi connectivity index (χ1) is 13.1. The molecule has 1 saturated carbocycles. The number of carbonyl (C=O) groups excluding carboxylic acids is 1. The molecule has 2 aliphatic rings. The highest BCUT2D eigenvalue weighted by Gasteiger charge is 2.30. The minimum Gasteiger partial charge on any atom is -0.481 e. The quantitative estimate of drug-likeness (QED) is 0.837. The Morgan fingerprint density at radius 1 is 1.22 bits per heavy atom. The second kappa shape index (κ2) is 7.50. The maximum Gasteiger partial charge on any atom is 0.303 e. The second-order valence-corrected chi connectivity index (χ2v) is 7.39. The summed E-state index contributed by atoms with van der Waals surface area (Å²) in [7, 11) is 0. The molecule has 0 radical (unpaired) electrons. The van der Waals surface area contributed by atoms with Gasteiger partial charge in [-0.1, -0.05) is 17.3 Å². The Labute approximate surface area is 157 Å². The number of carbonyl (C=O) groups is 2. The van der Waals surface area contributed by atoms with Crippen molar-refractivity contribution in [1.29, 1.82) is 0 Å². The van der Waals surface area contributed by atoms with E-state index < -0.39 is 5.97 Å². The van der Waals surface area contributed by atoms with Crippen molar-refractivity contribution >= 4 is 11.9 Å². The number of aliphatic carboxylic acids is 1. The van der Waals surface area contributed by atoms with Gasteiger partial charge >= 0.3 is 5.97 Å². The third-order valence-electron chi connectivity index (χ3n) is 5.32. The van der Waals surface area contributed by atoms with Crippen molar-refractivity contribution < 1.29 is 19.2 Å². The Morgan fingerprint density at radius 2 is 2.07 bits per heavy atom. The van der Waals surface area contributed by atoms with Crippen LogP contribution in [0.25, 0.3) is 11.4 Å². The first-order valence-corrected chi connectivity index (χ1v) is 9.58. The molecule has 1 aliphatic heterocycles. The van der Waals surface area contributed by atoms with Gasteiger partial charge in [0.05, 0.1) is 0 Å². The zero-order valence-corrected chi connectivity index (χ0v) is 15.1. The van der Waals surface area contributed by atoms with Crippen LogP contribution in [0, 0.1) is 0 Å². The molecular weight excluding hydrogens is 346 g/mol. The molecule has 7 heteroatoms. The van der Waals surface area contributed by atoms with Crippen LogP contribution in [0.5, 0.6) is 0 Å². The van der Waals surface area contributed by atoms with E-state index in [1.54, 1.807) is 12.1 Å². The Hall–Kier alpha value is -2.70. The number of hydrogen-bond donors (Lipinski definition) is 1. The number of aromatic nitrogens is 2. The summed E-state index contributed by atoms with van der Waals surface area (Å²) in [5.74, 6) is 0.690. The van der Waals surface area contributed by atoms with Gasteiger partial charge in [0.1, 0.15) is 0 Å². The van der Waals surface area contributed by atoms with E-state index in [2.05, 4.69) is 10.1 Å². The Morgan fingerprint density at radius 3 is 2.85 bits per heavy atom. The molecule has 4 rings (SSSR count). The summed E-state index contributed by atoms with van der Waals surface area (Å²) in [5.41, 5.74) is 1.34. The van der Waals surface area contributed by atoms with Crippen LogP contribution in [-0.4, -0.2) is 44.6 Å². The lowest BCUT2D eigenvalue weighted by Crippen LogP contribution is -2.44. The molecule has 1 aromatic carbocycles. The predicted molar refractivity (Wildman–Crippen MR) is 97.3 cm³/mol. The average Bonchev–Trinajstić information content (AvgIpc) is 3.43. The molecule has 27 heavy (non-hydrogen) atoms. The summed E-state index contributed by atoms with van der Waals surface area (Å²) >= 11 is 0. The van der Waals surface area contributed by atoms with E-state index in [4.69, 9.17) is 9.63 Å². The van der Waals surface area contributed by atoms with Crippen LogP contribution < -0.4 is 0 Å². The van der Waals surface area contributed by atoms with E-state index in [0.717, 1.165) is 37.7 Å². The zero-order valence-electron chi connectivity index (χ0n) is 15.1. The van der Waals surface area contributed by atoms with Crippen LogP contribution in [-0.2, 0) is 4.79 Å². The van der Waals surface area contributed by atoms with Gasteiger partial charge in [0, 0.05) is 36.1 Å². The molecule has 2 heterocycles. The highest BCUT2D eigenvalue weighted by atomic mass is 16.5. The van der Waals surface area contributed by atoms with Crippen molar-refractivity contribution in [2.75, 3.05) is 6.54 Å². The highest BCUT2D eigenvalue weighted by Crippen LogP contribution is 2.39. The monoisotopic (exact) mass is 369 g/mol. The molecule has 7 nitrogen and oxygen atoms in total. The molecule has 1 amide bonds. The Kier molecular flexibility index (Phi) is 4.92. The van der Waals surface area contributed by atoms with Crippen molar-refractivity contribution in [1.82, 2.24) is 15.0 Å². The number of likely N-dealkylation sites (tertiary alicyclic amines) is 1. The van der Waals surface area contributed by atoms with E-state index in [9.17, 15) is 9.59 Å². The standard InChI is InChI=1S/C20H23N3O4/c24-17(25)10-9-16-6-1-2-11-23(16)20(26)15-5-3-4-14(12-15)18-21-19(27-22-18)13-7-8-13/h3-5,12-13,16H,1-2,6-11H2,(H,24,25)/t16-/m1/s1. The summed E-state index contributed by atoms with van der Waals surface area (Å²) in [4.78, 5) is 30.3. The van der Waals surface area contributed by atoms with Gasteiger partial charge in [-0.3, -0.25) is 9.59 Å². The van der Waals surface area contributed by atoms with Crippen molar-refractivity contribution in [3.8, 4) is 11.4 Å². The molecule has 2 fully saturated rings. The van der Waals surface area contributed by atoms with Crippen LogP contribution in [0.3, 0.4) is 0 Å². The van der Waals surface area contributed by atoms with Gasteiger partial charge in [-0.2, -0.15) is 4.98 Å². The summed E-state index contributed by atoms with van der Waals surface area (Å²) < 4.78 is 5.32. The molecule has 142 valence electrons. The van der Waals surface area contributed by atoms with Crippen molar-refractivity contribution in [3.05, 3.63) is 35.7 Å². The van der Waals surface area contributed by atoms with Gasteiger partial charge in [-0.05, 0) is 50.7 Å². The molecule has 0 bridgehead atoms. The van der Waals surface area contributed by atoms with Gasteiger partial charge in [0.15, 0.2) is 0 Å². The van der Waals surface area contributed by atoms with Gasteiger partial charge < -0.3 is 14.5 Å². The number of carboxylic acids is 1. The fourth-order valence-electron chi connectivity index (χ4n) is 3.66. The minimum absolute atomic E-state index is 0.0161. The maximum absolute atomic E-state index is 13.1. The Balaban J connectivity index is 1.52. The van der Waals surface area contributed by atoms with Crippen molar-refractivity contribution in [2.24, 2.45) is 0 Å². The number of hydrogen-bond acceptors (Lipinski definition) is 5. The summed E-state index contributed by atoms with van der Waals surface area (Å²) in [6, 6.07) is 7.27. The van der Waals surface area contributed by atoms with E-state index in [1.807, 2.05) is 17.0 Å². The molecule has 0 unspecified atom stereocenters. The second-order valence-electron chi connectivity index (χ2n) is 7.39. The number of amides is 1. The van der Waals surface area contributed by atoms with E-state index >= 15 is 0 Å². The maximum atomic E-state index is 13.1. The van der Waals surface area contributed by atoms with Crippen LogP contribution in [0.1, 0.15) is 67.1 Å². The Bertz CT molecular complexity index is 843. The number of piperidine rings is 1. The number of rotatable bonds is 6. The van der Waals surface area contributed by atoms with Gasteiger partial charge in [0.2, 0.25) is 11.7 Å². The number of benzene rings is 1. The first-order valence-electron chi connectivity index (χ1n) is 9.58. The molecule has 0 spiro atoms. The van der Waals surface area contributed by atoms with E-state index in [0.29, 0.717) is 36.2 Å². The van der Waals surface area contributed by atoms with Crippen molar-refractivity contribution in [2.45, 2.75) is 56.9 Å². The largest absolute Gasteiger partial charge is 0.481 e. The van der Waals surface area contributed by atoms with Crippen LogP contribution in [0.4, 0.5) is 0 Å². The molecule has 1 saturated heterocycles. The molecule has 2 aromatic rings. The minimum atomic E-state index is -0.821. The average molecular weight is 369 g/mol. The zero-order chi connectivity index (χ0) is 18.8. The van der Waals surface area contributed by atoms with E-state index in [-0.39, 0.29) is 18.4 Å². The molecule has 1 atom stereocenters. The van der Waals surface area contributed by atoms with Crippen molar-refractivity contribution in [3.63, 3.8) is 0 Å². The van der Waals surface area contributed by atoms with Crippen LogP contribution in [0.2, 0.25) is 0 Å². The fourth-order valence-corrected chi connectivity index (χ4v) is 3.66. The SMILES string of the molecule is O=C(O)CC[C@H]1CCCCN1C(=O)c1cccc(-c2noc(C3CC3)n2)c1. The summed E-state index contributed by atoms with van der Waals surface area (Å²) in [5, 5.41) is 13.0. The normalized spacial score (nSPS) is 19.9. The topological polar surface area (TPSA) is 96.5 Å². The molecular formula is C20H23N3O4. The third kappa shape index (κ3) is 4.02. The lowest BCUT2D eigenvalue weighted by atomic mass is 9.96. The number of carboxylic acid groups (broad SMARTS) is 1. The van der Waals surface area contributed by atoms with Crippen LogP contribution >= 0.6 is 0 Å².